The van der Waals surface area contributed by atoms with Gasteiger partial charge in [-0.15, -0.1) is 0 Å². The topological polar surface area (TPSA) is 72.3 Å². The van der Waals surface area contributed by atoms with Crippen LogP contribution in [0.25, 0.3) is 0 Å². The second kappa shape index (κ2) is 4.28. The van der Waals surface area contributed by atoms with E-state index in [1.165, 1.54) is 0 Å². The molecule has 0 saturated heterocycles. The molecule has 0 bridgehead atoms. The van der Waals surface area contributed by atoms with Crippen molar-refractivity contribution in [3.63, 3.8) is 0 Å². The van der Waals surface area contributed by atoms with E-state index in [0.29, 0.717) is 0 Å². The first-order valence-electron chi connectivity index (χ1n) is 3.10. The van der Waals surface area contributed by atoms with Crippen LogP contribution >= 0.6 is 0 Å². The van der Waals surface area contributed by atoms with Gasteiger partial charge < -0.3 is 11.3 Å². The summed E-state index contributed by atoms with van der Waals surface area (Å²) < 4.78 is 84.7. The molecule has 0 aliphatic heterocycles. The van der Waals surface area contributed by atoms with Crippen molar-refractivity contribution < 1.29 is 40.6 Å². The average molecular weight is 257 g/mol. The summed E-state index contributed by atoms with van der Waals surface area (Å²) >= 11 is 0. The minimum absolute atomic E-state index is 0. The third kappa shape index (κ3) is 2.10. The van der Waals surface area contributed by atoms with Gasteiger partial charge in [0.25, 0.3) is 0 Å². The normalized spacial score (nSPS) is 15.9. The van der Waals surface area contributed by atoms with Gasteiger partial charge in [0.05, 0.1) is 0 Å². The predicted molar refractivity (Wildman–Crippen MR) is 37.7 cm³/mol. The Labute approximate surface area is 84.1 Å². The Morgan fingerprint density at radius 3 is 1.44 bits per heavy atom. The Bertz CT molecular complexity index is 300. The molecule has 0 fully saturated rings. The molecule has 1 unspecified atom stereocenters. The number of aliphatic carboxylic acids is 1. The Hall–Kier alpha value is -1.32. The van der Waals surface area contributed by atoms with E-state index in [1.54, 1.807) is 6.58 Å². The van der Waals surface area contributed by atoms with Gasteiger partial charge in [-0.05, 0) is 0 Å². The smallest absolute Gasteiger partial charge is 0.440 e. The van der Waals surface area contributed by atoms with Gasteiger partial charge in [-0.3, -0.25) is 0 Å². The maximum Gasteiger partial charge on any atom is 0.440 e. The summed E-state index contributed by atoms with van der Waals surface area (Å²) in [5.41, 5.74) is -6.04. The number of allylic oxidation sites excluding steroid dienone is 1. The fourth-order valence-corrected chi connectivity index (χ4v) is 0.620. The molecular weight excluding hydrogens is 251 g/mol. The largest absolute Gasteiger partial charge is 0.478 e. The number of hydrogen-bond donors (Lipinski definition) is 2. The summed E-state index contributed by atoms with van der Waals surface area (Å²) in [5, 5.41) is 7.77. The van der Waals surface area contributed by atoms with Gasteiger partial charge in [0.1, 0.15) is 0 Å². The molecule has 0 aromatic rings. The molecule has 4 N–H and O–H groups in total. The van der Waals surface area contributed by atoms with Gasteiger partial charge >= 0.3 is 23.7 Å². The molecule has 0 spiro atoms. The van der Waals surface area contributed by atoms with Crippen molar-refractivity contribution >= 4 is 5.97 Å². The first-order chi connectivity index (χ1) is 6.39. The van der Waals surface area contributed by atoms with Gasteiger partial charge in [-0.1, -0.05) is 6.58 Å². The summed E-state index contributed by atoms with van der Waals surface area (Å²) in [6.07, 6.45) is -6.47. The molecular formula is C6H6F7NO2. The lowest BCUT2D eigenvalue weighted by molar-refractivity contribution is -0.289. The molecule has 0 amide bonds. The molecule has 0 aliphatic rings. The van der Waals surface area contributed by atoms with Crippen LogP contribution in [0.5, 0.6) is 0 Å². The molecule has 0 aromatic carbocycles. The Morgan fingerprint density at radius 1 is 1.06 bits per heavy atom. The third-order valence-electron chi connectivity index (χ3n) is 1.46. The number of rotatable bonds is 3. The van der Waals surface area contributed by atoms with Crippen LogP contribution in [0.4, 0.5) is 30.7 Å². The standard InChI is InChI=1S/C6H3F7O2.H3N/c1-2(7)5(9,10)4(8,3(14)15)6(11,12)13;/h1H2,(H,14,15);1H3. The van der Waals surface area contributed by atoms with Gasteiger partial charge in [-0.25, -0.2) is 13.6 Å². The number of hydrogen-bond acceptors (Lipinski definition) is 2. The molecule has 10 heteroatoms. The van der Waals surface area contributed by atoms with E-state index in [-0.39, 0.29) is 6.15 Å². The van der Waals surface area contributed by atoms with Crippen molar-refractivity contribution in [1.29, 1.82) is 0 Å². The first-order valence-corrected chi connectivity index (χ1v) is 3.10. The minimum atomic E-state index is -6.47. The zero-order valence-corrected chi connectivity index (χ0v) is 7.42. The maximum absolute atomic E-state index is 12.7. The molecule has 96 valence electrons. The lowest BCUT2D eigenvalue weighted by Gasteiger charge is -2.29. The Morgan fingerprint density at radius 2 is 1.38 bits per heavy atom. The van der Waals surface area contributed by atoms with Crippen molar-refractivity contribution in [2.45, 2.75) is 17.8 Å². The van der Waals surface area contributed by atoms with E-state index in [1.807, 2.05) is 0 Å². The fraction of sp³-hybridized carbons (Fsp3) is 0.500. The number of carbonyl (C=O) groups is 1. The van der Waals surface area contributed by atoms with Crippen molar-refractivity contribution in [1.82, 2.24) is 6.15 Å². The molecule has 0 radical (unpaired) electrons. The molecule has 0 aromatic heterocycles. The van der Waals surface area contributed by atoms with Gasteiger partial charge in [-0.2, -0.15) is 22.0 Å². The van der Waals surface area contributed by atoms with E-state index in [2.05, 4.69) is 0 Å². The van der Waals surface area contributed by atoms with Gasteiger partial charge in [0, 0.05) is 0 Å². The second-order valence-electron chi connectivity index (χ2n) is 2.44. The van der Waals surface area contributed by atoms with Crippen LogP contribution in [-0.4, -0.2) is 28.8 Å². The predicted octanol–water partition coefficient (Wildman–Crippen LogP) is 2.62. The summed E-state index contributed by atoms with van der Waals surface area (Å²) in [6.45, 7) is 1.77. The van der Waals surface area contributed by atoms with Crippen LogP contribution in [0.3, 0.4) is 0 Å². The van der Waals surface area contributed by atoms with Crippen molar-refractivity contribution in [3.05, 3.63) is 12.4 Å². The zero-order valence-electron chi connectivity index (χ0n) is 7.42. The Balaban J connectivity index is 0. The third-order valence-corrected chi connectivity index (χ3v) is 1.46. The number of halogens is 7. The lowest BCUT2D eigenvalue weighted by Crippen LogP contribution is -2.61. The average Bonchev–Trinajstić information content (AvgIpc) is 1.99. The van der Waals surface area contributed by atoms with Crippen molar-refractivity contribution in [3.8, 4) is 0 Å². The van der Waals surface area contributed by atoms with Crippen molar-refractivity contribution in [2.24, 2.45) is 0 Å². The highest BCUT2D eigenvalue weighted by Crippen LogP contribution is 2.48. The summed E-state index contributed by atoms with van der Waals surface area (Å²) in [4.78, 5) is 9.84. The highest BCUT2D eigenvalue weighted by atomic mass is 19.4. The van der Waals surface area contributed by atoms with E-state index in [0.717, 1.165) is 0 Å². The summed E-state index contributed by atoms with van der Waals surface area (Å²) in [6, 6.07) is 0. The molecule has 16 heavy (non-hydrogen) atoms. The molecule has 0 rings (SSSR count). The summed E-state index contributed by atoms with van der Waals surface area (Å²) in [5.74, 6) is -12.5. The van der Waals surface area contributed by atoms with Crippen LogP contribution in [0.2, 0.25) is 0 Å². The lowest BCUT2D eigenvalue weighted by atomic mass is 9.96. The monoisotopic (exact) mass is 257 g/mol. The van der Waals surface area contributed by atoms with Crippen LogP contribution in [0.1, 0.15) is 0 Å². The zero-order chi connectivity index (χ0) is 12.7. The number of carboxylic acid groups (broad SMARTS) is 1. The van der Waals surface area contributed by atoms with E-state index >= 15 is 0 Å². The Kier molecular flexibility index (Phi) is 4.57. The van der Waals surface area contributed by atoms with Crippen LogP contribution in [-0.2, 0) is 4.79 Å². The van der Waals surface area contributed by atoms with Crippen molar-refractivity contribution in [2.75, 3.05) is 0 Å². The van der Waals surface area contributed by atoms with E-state index in [9.17, 15) is 35.5 Å². The fourth-order valence-electron chi connectivity index (χ4n) is 0.620. The van der Waals surface area contributed by atoms with Gasteiger partial charge in [0.15, 0.2) is 5.83 Å². The molecule has 0 saturated carbocycles. The van der Waals surface area contributed by atoms with Crippen LogP contribution in [0, 0.1) is 0 Å². The first kappa shape index (κ1) is 17.1. The second-order valence-corrected chi connectivity index (χ2v) is 2.44. The number of carboxylic acids is 1. The van der Waals surface area contributed by atoms with E-state index in [4.69, 9.17) is 5.11 Å². The van der Waals surface area contributed by atoms with E-state index < -0.39 is 29.6 Å². The SMILES string of the molecule is C=C(F)C(F)(F)C(F)(C(=O)O)C(F)(F)F.N. The van der Waals surface area contributed by atoms with Gasteiger partial charge in [0.2, 0.25) is 0 Å². The molecule has 0 heterocycles. The number of alkyl halides is 6. The molecule has 0 aliphatic carbocycles. The van der Waals surface area contributed by atoms with Crippen LogP contribution in [0.15, 0.2) is 12.4 Å². The highest BCUT2D eigenvalue weighted by Gasteiger charge is 2.78. The minimum Gasteiger partial charge on any atom is -0.478 e. The molecule has 1 atom stereocenters. The maximum atomic E-state index is 12.7. The molecule has 3 nitrogen and oxygen atoms in total. The van der Waals surface area contributed by atoms with Crippen LogP contribution < -0.4 is 6.15 Å². The summed E-state index contributed by atoms with van der Waals surface area (Å²) in [7, 11) is 0. The highest BCUT2D eigenvalue weighted by molar-refractivity contribution is 5.80. The quantitative estimate of drug-likeness (QED) is 0.763.